The smallest absolute Gasteiger partial charge is 0.317 e. The number of likely N-dealkylation sites (tertiary alicyclic amines) is 1. The third-order valence-corrected chi connectivity index (χ3v) is 5.35. The lowest BCUT2D eigenvalue weighted by Crippen LogP contribution is -2.47. The number of hydrogen-bond acceptors (Lipinski definition) is 3. The summed E-state index contributed by atoms with van der Waals surface area (Å²) in [6.45, 7) is 4.53. The molecule has 0 aromatic heterocycles. The van der Waals surface area contributed by atoms with Crippen LogP contribution in [0.25, 0.3) is 0 Å². The van der Waals surface area contributed by atoms with Gasteiger partial charge >= 0.3 is 6.03 Å². The molecule has 1 saturated heterocycles. The molecule has 1 aliphatic rings. The van der Waals surface area contributed by atoms with Crippen LogP contribution in [-0.4, -0.2) is 51.8 Å². The first-order valence-electron chi connectivity index (χ1n) is 8.87. The highest BCUT2D eigenvalue weighted by molar-refractivity contribution is 7.88. The number of nitrogens with one attached hydrogen (secondary N) is 2. The van der Waals surface area contributed by atoms with Crippen LogP contribution in [0.4, 0.5) is 4.79 Å². The topological polar surface area (TPSA) is 78.5 Å². The minimum Gasteiger partial charge on any atom is -0.338 e. The van der Waals surface area contributed by atoms with Gasteiger partial charge in [-0.1, -0.05) is 37.3 Å². The highest BCUT2D eigenvalue weighted by Gasteiger charge is 2.24. The fourth-order valence-electron chi connectivity index (χ4n) is 3.14. The van der Waals surface area contributed by atoms with Crippen LogP contribution < -0.4 is 10.0 Å². The molecule has 6 nitrogen and oxygen atoms in total. The maximum absolute atomic E-state index is 12.3. The van der Waals surface area contributed by atoms with E-state index in [0.717, 1.165) is 32.1 Å². The largest absolute Gasteiger partial charge is 0.338 e. The minimum atomic E-state index is -3.18. The molecule has 0 saturated carbocycles. The van der Waals surface area contributed by atoms with E-state index in [0.29, 0.717) is 25.6 Å². The summed E-state index contributed by atoms with van der Waals surface area (Å²) in [4.78, 5) is 14.1. The molecule has 0 bridgehead atoms. The number of amides is 2. The molecule has 2 N–H and O–H groups in total. The van der Waals surface area contributed by atoms with Crippen LogP contribution in [0.3, 0.4) is 0 Å². The highest BCUT2D eigenvalue weighted by atomic mass is 32.2. The maximum Gasteiger partial charge on any atom is 0.317 e. The summed E-state index contributed by atoms with van der Waals surface area (Å²) in [5.74, 6) is 0.576. The quantitative estimate of drug-likeness (QED) is 0.775. The van der Waals surface area contributed by atoms with Crippen molar-refractivity contribution in [1.29, 1.82) is 0 Å². The molecule has 1 aromatic carbocycles. The van der Waals surface area contributed by atoms with Gasteiger partial charge in [-0.2, -0.15) is 0 Å². The van der Waals surface area contributed by atoms with E-state index in [9.17, 15) is 13.2 Å². The van der Waals surface area contributed by atoms with Gasteiger partial charge in [0.1, 0.15) is 0 Å². The molecule has 1 heterocycles. The Kier molecular flexibility index (Phi) is 7.25. The van der Waals surface area contributed by atoms with E-state index in [2.05, 4.69) is 29.1 Å². The molecule has 1 fully saturated rings. The lowest BCUT2D eigenvalue weighted by atomic mass is 9.98. The Morgan fingerprint density at radius 2 is 2.04 bits per heavy atom. The first-order valence-corrected chi connectivity index (χ1v) is 10.8. The molecule has 140 valence electrons. The van der Waals surface area contributed by atoms with Crippen molar-refractivity contribution in [3.05, 3.63) is 35.9 Å². The van der Waals surface area contributed by atoms with E-state index in [1.165, 1.54) is 5.56 Å². The molecule has 2 rings (SSSR count). The second-order valence-corrected chi connectivity index (χ2v) is 8.74. The standard InChI is InChI=1S/C18H29N3O3S/c1-15(17-8-4-3-5-9-17)10-11-19-18(22)21-12-6-7-16(14-21)13-20-25(2,23)24/h3-5,8-9,15-16,20H,6-7,10-14H2,1-2H3,(H,19,22). The lowest BCUT2D eigenvalue weighted by Gasteiger charge is -2.32. The molecule has 25 heavy (non-hydrogen) atoms. The van der Waals surface area contributed by atoms with Crippen molar-refractivity contribution in [2.45, 2.75) is 32.1 Å². The summed E-state index contributed by atoms with van der Waals surface area (Å²) < 4.78 is 25.0. The number of carbonyl (C=O) groups excluding carboxylic acids is 1. The van der Waals surface area contributed by atoms with E-state index in [4.69, 9.17) is 0 Å². The number of piperidine rings is 1. The summed E-state index contributed by atoms with van der Waals surface area (Å²) in [6.07, 6.45) is 3.90. The average Bonchev–Trinajstić information content (AvgIpc) is 2.60. The van der Waals surface area contributed by atoms with Crippen molar-refractivity contribution < 1.29 is 13.2 Å². The number of sulfonamides is 1. The number of nitrogens with zero attached hydrogens (tertiary/aromatic N) is 1. The number of benzene rings is 1. The van der Waals surface area contributed by atoms with E-state index in [-0.39, 0.29) is 11.9 Å². The highest BCUT2D eigenvalue weighted by Crippen LogP contribution is 2.18. The molecule has 2 unspecified atom stereocenters. The zero-order chi connectivity index (χ0) is 18.3. The van der Waals surface area contributed by atoms with Gasteiger partial charge in [-0.15, -0.1) is 0 Å². The summed E-state index contributed by atoms with van der Waals surface area (Å²) in [6, 6.07) is 10.2. The van der Waals surface area contributed by atoms with E-state index >= 15 is 0 Å². The van der Waals surface area contributed by atoms with Crippen LogP contribution in [0.5, 0.6) is 0 Å². The third kappa shape index (κ3) is 7.04. The third-order valence-electron chi connectivity index (χ3n) is 4.66. The molecule has 1 aliphatic heterocycles. The van der Waals surface area contributed by atoms with Crippen LogP contribution >= 0.6 is 0 Å². The van der Waals surface area contributed by atoms with Gasteiger partial charge in [-0.25, -0.2) is 17.9 Å². The van der Waals surface area contributed by atoms with Crippen molar-refractivity contribution in [2.75, 3.05) is 32.4 Å². The van der Waals surface area contributed by atoms with Crippen LogP contribution in [-0.2, 0) is 10.0 Å². The van der Waals surface area contributed by atoms with Gasteiger partial charge in [0.05, 0.1) is 6.26 Å². The van der Waals surface area contributed by atoms with E-state index < -0.39 is 10.0 Å². The zero-order valence-electron chi connectivity index (χ0n) is 15.1. The Balaban J connectivity index is 1.73. The number of rotatable bonds is 7. The van der Waals surface area contributed by atoms with Crippen molar-refractivity contribution in [2.24, 2.45) is 5.92 Å². The molecule has 2 atom stereocenters. The molecule has 1 aromatic rings. The normalized spacial score (nSPS) is 19.4. The Morgan fingerprint density at radius 1 is 1.32 bits per heavy atom. The Bertz CT molecular complexity index is 649. The Hall–Kier alpha value is -1.60. The number of hydrogen-bond donors (Lipinski definition) is 2. The number of urea groups is 1. The zero-order valence-corrected chi connectivity index (χ0v) is 15.9. The Morgan fingerprint density at radius 3 is 2.72 bits per heavy atom. The molecule has 2 amide bonds. The molecule has 7 heteroatoms. The molecule has 0 spiro atoms. The van der Waals surface area contributed by atoms with E-state index in [1.54, 1.807) is 4.90 Å². The van der Waals surface area contributed by atoms with Gasteiger partial charge < -0.3 is 10.2 Å². The molecular formula is C18H29N3O3S. The monoisotopic (exact) mass is 367 g/mol. The SMILES string of the molecule is CC(CCNC(=O)N1CCCC(CNS(C)(=O)=O)C1)c1ccccc1. The predicted octanol–water partition coefficient (Wildman–Crippen LogP) is 2.15. The van der Waals surface area contributed by atoms with Crippen LogP contribution in [0.15, 0.2) is 30.3 Å². The second-order valence-electron chi connectivity index (χ2n) is 6.91. The summed E-state index contributed by atoms with van der Waals surface area (Å²) in [5.41, 5.74) is 1.28. The fourth-order valence-corrected chi connectivity index (χ4v) is 3.68. The van der Waals surface area contributed by atoms with Gasteiger partial charge in [0, 0.05) is 26.2 Å². The fraction of sp³-hybridized carbons (Fsp3) is 0.611. The van der Waals surface area contributed by atoms with Crippen molar-refractivity contribution in [3.8, 4) is 0 Å². The van der Waals surface area contributed by atoms with Gasteiger partial charge in [0.25, 0.3) is 0 Å². The van der Waals surface area contributed by atoms with Crippen LogP contribution in [0.2, 0.25) is 0 Å². The lowest BCUT2D eigenvalue weighted by molar-refractivity contribution is 0.166. The first kappa shape index (κ1) is 19.7. The van der Waals surface area contributed by atoms with Gasteiger partial charge in [-0.3, -0.25) is 0 Å². The molecular weight excluding hydrogens is 338 g/mol. The predicted molar refractivity (Wildman–Crippen MR) is 100 cm³/mol. The molecule has 0 aliphatic carbocycles. The van der Waals surface area contributed by atoms with Crippen molar-refractivity contribution >= 4 is 16.1 Å². The summed E-state index contributed by atoms with van der Waals surface area (Å²) in [5, 5.41) is 2.99. The van der Waals surface area contributed by atoms with Gasteiger partial charge in [0.2, 0.25) is 10.0 Å². The minimum absolute atomic E-state index is 0.0516. The first-order chi connectivity index (χ1) is 11.8. The van der Waals surface area contributed by atoms with Crippen molar-refractivity contribution in [3.63, 3.8) is 0 Å². The summed E-state index contributed by atoms with van der Waals surface area (Å²) in [7, 11) is -3.18. The maximum atomic E-state index is 12.3. The van der Waals surface area contributed by atoms with Gasteiger partial charge in [0.15, 0.2) is 0 Å². The Labute approximate surface area is 151 Å². The number of carbonyl (C=O) groups is 1. The summed E-state index contributed by atoms with van der Waals surface area (Å²) >= 11 is 0. The van der Waals surface area contributed by atoms with Crippen LogP contribution in [0.1, 0.15) is 37.7 Å². The van der Waals surface area contributed by atoms with Crippen molar-refractivity contribution in [1.82, 2.24) is 14.9 Å². The average molecular weight is 368 g/mol. The second kappa shape index (κ2) is 9.20. The van der Waals surface area contributed by atoms with E-state index in [1.807, 2.05) is 18.2 Å². The van der Waals surface area contributed by atoms with Crippen LogP contribution in [0, 0.1) is 5.92 Å². The molecule has 0 radical (unpaired) electrons. The van der Waals surface area contributed by atoms with Gasteiger partial charge in [-0.05, 0) is 36.7 Å².